The van der Waals surface area contributed by atoms with E-state index in [-0.39, 0.29) is 23.8 Å². The predicted molar refractivity (Wildman–Crippen MR) is 81.0 cm³/mol. The maximum Gasteiger partial charge on any atom is 0.226 e. The van der Waals surface area contributed by atoms with Crippen molar-refractivity contribution in [3.63, 3.8) is 0 Å². The van der Waals surface area contributed by atoms with Crippen LogP contribution >= 0.6 is 0 Å². The van der Waals surface area contributed by atoms with Gasteiger partial charge in [-0.3, -0.25) is 4.79 Å². The summed E-state index contributed by atoms with van der Waals surface area (Å²) < 4.78 is 18.7. The Labute approximate surface area is 124 Å². The summed E-state index contributed by atoms with van der Waals surface area (Å²) in [5.74, 6) is -0.533. The van der Waals surface area contributed by atoms with Crippen molar-refractivity contribution in [2.24, 2.45) is 0 Å². The van der Waals surface area contributed by atoms with Crippen LogP contribution in [0.25, 0.3) is 0 Å². The van der Waals surface area contributed by atoms with Crippen LogP contribution in [0.1, 0.15) is 20.3 Å². The van der Waals surface area contributed by atoms with Crippen molar-refractivity contribution in [2.75, 3.05) is 30.4 Å². The molecular formula is C15H22FN3O2. The molecule has 0 spiro atoms. The molecule has 1 aromatic rings. The van der Waals surface area contributed by atoms with Gasteiger partial charge in [-0.25, -0.2) is 4.39 Å². The highest BCUT2D eigenvalue weighted by atomic mass is 19.1. The Morgan fingerprint density at radius 3 is 2.95 bits per heavy atom. The normalized spacial score (nSPS) is 18.6. The van der Waals surface area contributed by atoms with Crippen LogP contribution in [-0.4, -0.2) is 37.7 Å². The Bertz CT molecular complexity index is 488. The molecular weight excluding hydrogens is 273 g/mol. The largest absolute Gasteiger partial charge is 0.381 e. The lowest BCUT2D eigenvalue weighted by Gasteiger charge is -2.23. The Balaban J connectivity index is 1.99. The van der Waals surface area contributed by atoms with Gasteiger partial charge in [0, 0.05) is 25.0 Å². The van der Waals surface area contributed by atoms with Crippen LogP contribution in [0.4, 0.5) is 15.8 Å². The number of morpholine rings is 1. The number of halogens is 1. The fourth-order valence-corrected chi connectivity index (χ4v) is 2.23. The Kier molecular flexibility index (Phi) is 5.52. The van der Waals surface area contributed by atoms with Gasteiger partial charge in [0.1, 0.15) is 5.82 Å². The summed E-state index contributed by atoms with van der Waals surface area (Å²) in [6.07, 6.45) is 0.303. The fourth-order valence-electron chi connectivity index (χ4n) is 2.23. The number of hydrogen-bond donors (Lipinski definition) is 3. The van der Waals surface area contributed by atoms with E-state index in [1.54, 1.807) is 6.07 Å². The summed E-state index contributed by atoms with van der Waals surface area (Å²) in [5.41, 5.74) is 1.18. The Hall–Kier alpha value is -1.66. The van der Waals surface area contributed by atoms with E-state index in [0.717, 1.165) is 6.54 Å². The highest BCUT2D eigenvalue weighted by Crippen LogP contribution is 2.24. The molecule has 116 valence electrons. The molecule has 3 N–H and O–H groups in total. The lowest BCUT2D eigenvalue weighted by molar-refractivity contribution is -0.117. The van der Waals surface area contributed by atoms with Gasteiger partial charge < -0.3 is 20.7 Å². The van der Waals surface area contributed by atoms with Gasteiger partial charge in [-0.05, 0) is 32.0 Å². The number of amides is 1. The van der Waals surface area contributed by atoms with Gasteiger partial charge in [0.15, 0.2) is 0 Å². The topological polar surface area (TPSA) is 62.4 Å². The van der Waals surface area contributed by atoms with Gasteiger partial charge in [-0.2, -0.15) is 0 Å². The van der Waals surface area contributed by atoms with E-state index in [1.807, 2.05) is 13.8 Å². The zero-order valence-corrected chi connectivity index (χ0v) is 12.4. The minimum atomic E-state index is -0.376. The molecule has 0 saturated carbocycles. The van der Waals surface area contributed by atoms with Crippen molar-refractivity contribution in [1.82, 2.24) is 5.32 Å². The maximum absolute atomic E-state index is 13.4. The van der Waals surface area contributed by atoms with Gasteiger partial charge >= 0.3 is 0 Å². The van der Waals surface area contributed by atoms with Crippen molar-refractivity contribution < 1.29 is 13.9 Å². The van der Waals surface area contributed by atoms with E-state index >= 15 is 0 Å². The van der Waals surface area contributed by atoms with Gasteiger partial charge in [0.2, 0.25) is 5.91 Å². The quantitative estimate of drug-likeness (QED) is 0.777. The average Bonchev–Trinajstić information content (AvgIpc) is 2.42. The number of nitrogens with one attached hydrogen (secondary N) is 3. The van der Waals surface area contributed by atoms with Gasteiger partial charge in [0.05, 0.1) is 24.6 Å². The van der Waals surface area contributed by atoms with Gasteiger partial charge in [-0.15, -0.1) is 0 Å². The zero-order valence-electron chi connectivity index (χ0n) is 12.4. The number of benzene rings is 1. The highest BCUT2D eigenvalue weighted by molar-refractivity contribution is 5.94. The monoisotopic (exact) mass is 295 g/mol. The van der Waals surface area contributed by atoms with E-state index in [4.69, 9.17) is 4.74 Å². The molecule has 6 heteroatoms. The maximum atomic E-state index is 13.4. The number of anilines is 2. The molecule has 1 unspecified atom stereocenters. The third-order valence-electron chi connectivity index (χ3n) is 3.13. The van der Waals surface area contributed by atoms with Crippen molar-refractivity contribution >= 4 is 17.3 Å². The van der Waals surface area contributed by atoms with Crippen LogP contribution in [0, 0.1) is 5.82 Å². The molecule has 1 aliphatic heterocycles. The molecule has 1 amide bonds. The summed E-state index contributed by atoms with van der Waals surface area (Å²) in [6, 6.07) is 4.53. The molecule has 1 aliphatic rings. The molecule has 0 aliphatic carbocycles. The van der Waals surface area contributed by atoms with Crippen LogP contribution in [-0.2, 0) is 9.53 Å². The summed E-state index contributed by atoms with van der Waals surface area (Å²) in [5, 5.41) is 9.17. The molecule has 1 fully saturated rings. The smallest absolute Gasteiger partial charge is 0.226 e. The number of carbonyl (C=O) groups excluding carboxylic acids is 1. The SMILES string of the molecule is CC(C)Nc1ccc(F)cc1NC(=O)CC1COCCN1. The van der Waals surface area contributed by atoms with E-state index in [2.05, 4.69) is 16.0 Å². The first kappa shape index (κ1) is 15.7. The third-order valence-corrected chi connectivity index (χ3v) is 3.13. The van der Waals surface area contributed by atoms with Crippen LogP contribution in [0.3, 0.4) is 0 Å². The van der Waals surface area contributed by atoms with Gasteiger partial charge in [0.25, 0.3) is 0 Å². The molecule has 0 radical (unpaired) electrons. The summed E-state index contributed by atoms with van der Waals surface area (Å²) in [7, 11) is 0. The van der Waals surface area contributed by atoms with Crippen LogP contribution in [0.15, 0.2) is 18.2 Å². The van der Waals surface area contributed by atoms with Crippen LogP contribution in [0.2, 0.25) is 0 Å². The Morgan fingerprint density at radius 2 is 2.29 bits per heavy atom. The molecule has 1 heterocycles. The first-order chi connectivity index (χ1) is 10.0. The minimum Gasteiger partial charge on any atom is -0.381 e. The second kappa shape index (κ2) is 7.38. The van der Waals surface area contributed by atoms with Crippen molar-refractivity contribution in [3.8, 4) is 0 Å². The Morgan fingerprint density at radius 1 is 1.48 bits per heavy atom. The van der Waals surface area contributed by atoms with Crippen LogP contribution < -0.4 is 16.0 Å². The number of carbonyl (C=O) groups is 1. The molecule has 21 heavy (non-hydrogen) atoms. The molecule has 5 nitrogen and oxygen atoms in total. The number of hydrogen-bond acceptors (Lipinski definition) is 4. The summed E-state index contributed by atoms with van der Waals surface area (Å²) in [4.78, 5) is 12.1. The molecule has 0 aromatic heterocycles. The predicted octanol–water partition coefficient (Wildman–Crippen LogP) is 1.96. The lowest BCUT2D eigenvalue weighted by Crippen LogP contribution is -2.43. The molecule has 1 atom stereocenters. The standard InChI is InChI=1S/C15H22FN3O2/c1-10(2)18-13-4-3-11(16)7-14(13)19-15(20)8-12-9-21-6-5-17-12/h3-4,7,10,12,17-18H,5-6,8-9H2,1-2H3,(H,19,20). The summed E-state index contributed by atoms with van der Waals surface area (Å²) in [6.45, 7) is 5.91. The lowest BCUT2D eigenvalue weighted by atomic mass is 10.1. The van der Waals surface area contributed by atoms with Crippen molar-refractivity contribution in [2.45, 2.75) is 32.4 Å². The molecule has 1 saturated heterocycles. The summed E-state index contributed by atoms with van der Waals surface area (Å²) >= 11 is 0. The molecule has 1 aromatic carbocycles. The molecule has 2 rings (SSSR count). The second-order valence-corrected chi connectivity index (χ2v) is 5.47. The zero-order chi connectivity index (χ0) is 15.2. The second-order valence-electron chi connectivity index (χ2n) is 5.47. The van der Waals surface area contributed by atoms with Crippen LogP contribution in [0.5, 0.6) is 0 Å². The minimum absolute atomic E-state index is 0.00816. The van der Waals surface area contributed by atoms with E-state index in [0.29, 0.717) is 31.0 Å². The average molecular weight is 295 g/mol. The fraction of sp³-hybridized carbons (Fsp3) is 0.533. The van der Waals surface area contributed by atoms with E-state index < -0.39 is 0 Å². The van der Waals surface area contributed by atoms with Crippen molar-refractivity contribution in [1.29, 1.82) is 0 Å². The molecule has 0 bridgehead atoms. The van der Waals surface area contributed by atoms with E-state index in [1.165, 1.54) is 12.1 Å². The van der Waals surface area contributed by atoms with Gasteiger partial charge in [-0.1, -0.05) is 0 Å². The van der Waals surface area contributed by atoms with Crippen molar-refractivity contribution in [3.05, 3.63) is 24.0 Å². The third kappa shape index (κ3) is 4.99. The van der Waals surface area contributed by atoms with E-state index in [9.17, 15) is 9.18 Å². The number of rotatable bonds is 5. The first-order valence-corrected chi connectivity index (χ1v) is 7.21. The highest BCUT2D eigenvalue weighted by Gasteiger charge is 2.18. The number of ether oxygens (including phenoxy) is 1. The first-order valence-electron chi connectivity index (χ1n) is 7.21.